The lowest BCUT2D eigenvalue weighted by molar-refractivity contribution is -0.178. The lowest BCUT2D eigenvalue weighted by Gasteiger charge is -2.45. The summed E-state index contributed by atoms with van der Waals surface area (Å²) in [6.07, 6.45) is 0.505. The number of esters is 2. The first-order valence-electron chi connectivity index (χ1n) is 8.50. The molecular weight excluding hydrogens is 322 g/mol. The van der Waals surface area contributed by atoms with E-state index in [1.165, 1.54) is 23.8 Å². The molecular formula is C19H23NO5. The molecule has 1 aromatic rings. The van der Waals surface area contributed by atoms with Gasteiger partial charge in [-0.1, -0.05) is 23.8 Å². The van der Waals surface area contributed by atoms with Crippen LogP contribution in [-0.4, -0.2) is 54.3 Å². The largest absolute Gasteiger partial charge is 0.466 e. The molecule has 134 valence electrons. The molecule has 0 amide bonds. The van der Waals surface area contributed by atoms with Gasteiger partial charge in [0.25, 0.3) is 5.60 Å². The minimum absolute atomic E-state index is 0.0368. The smallest absolute Gasteiger partial charge is 0.354 e. The van der Waals surface area contributed by atoms with Gasteiger partial charge in [-0.15, -0.1) is 0 Å². The van der Waals surface area contributed by atoms with E-state index < -0.39 is 28.7 Å². The van der Waals surface area contributed by atoms with Crippen LogP contribution in [0.3, 0.4) is 0 Å². The molecule has 4 atom stereocenters. The van der Waals surface area contributed by atoms with Gasteiger partial charge in [0.1, 0.15) is 0 Å². The normalized spacial score (nSPS) is 39.4. The molecule has 3 heterocycles. The third-order valence-corrected chi connectivity index (χ3v) is 6.14. The molecule has 1 spiro atoms. The van der Waals surface area contributed by atoms with E-state index in [1.54, 1.807) is 0 Å². The Bertz CT molecular complexity index is 792. The molecule has 0 radical (unpaired) electrons. The quantitative estimate of drug-likeness (QED) is 0.461. The number of epoxide rings is 1. The molecule has 0 aliphatic carbocycles. The van der Waals surface area contributed by atoms with Crippen molar-refractivity contribution < 1.29 is 23.8 Å². The van der Waals surface area contributed by atoms with Gasteiger partial charge in [0.15, 0.2) is 11.2 Å². The summed E-state index contributed by atoms with van der Waals surface area (Å²) < 4.78 is 16.4. The first-order valence-corrected chi connectivity index (χ1v) is 8.50. The first-order chi connectivity index (χ1) is 11.7. The summed E-state index contributed by atoms with van der Waals surface area (Å²) in [5, 5.41) is 0. The lowest BCUT2D eigenvalue weighted by atomic mass is 9.72. The van der Waals surface area contributed by atoms with Gasteiger partial charge in [-0.05, 0) is 38.9 Å². The van der Waals surface area contributed by atoms with Gasteiger partial charge in [0.2, 0.25) is 0 Å². The van der Waals surface area contributed by atoms with Gasteiger partial charge in [0, 0.05) is 19.0 Å². The van der Waals surface area contributed by atoms with Crippen LogP contribution in [0.2, 0.25) is 0 Å². The molecule has 25 heavy (non-hydrogen) atoms. The Morgan fingerprint density at radius 1 is 1.36 bits per heavy atom. The molecule has 3 fully saturated rings. The summed E-state index contributed by atoms with van der Waals surface area (Å²) in [6.45, 7) is 6.49. The van der Waals surface area contributed by atoms with Gasteiger partial charge in [-0.25, -0.2) is 9.59 Å². The van der Waals surface area contributed by atoms with Crippen LogP contribution in [-0.2, 0) is 23.8 Å². The van der Waals surface area contributed by atoms with Crippen LogP contribution in [0.5, 0.6) is 0 Å². The van der Waals surface area contributed by atoms with Gasteiger partial charge >= 0.3 is 11.9 Å². The van der Waals surface area contributed by atoms with Crippen LogP contribution in [0.4, 0.5) is 0 Å². The highest BCUT2D eigenvalue weighted by Crippen LogP contribution is 2.68. The van der Waals surface area contributed by atoms with Crippen LogP contribution in [0.25, 0.3) is 0 Å². The molecule has 3 saturated heterocycles. The van der Waals surface area contributed by atoms with Gasteiger partial charge < -0.3 is 14.2 Å². The minimum atomic E-state index is -1.60. The van der Waals surface area contributed by atoms with Gasteiger partial charge in [-0.3, -0.25) is 4.90 Å². The van der Waals surface area contributed by atoms with E-state index in [1.807, 2.05) is 14.0 Å². The molecule has 0 N–H and O–H groups in total. The van der Waals surface area contributed by atoms with Crippen molar-refractivity contribution in [1.82, 2.24) is 4.90 Å². The second-order valence-electron chi connectivity index (χ2n) is 7.72. The number of hydrogen-bond donors (Lipinski definition) is 0. The number of nitrogens with zero attached hydrogens (tertiary/aromatic N) is 1. The number of carbonyl (C=O) groups is 2. The van der Waals surface area contributed by atoms with E-state index >= 15 is 0 Å². The zero-order valence-corrected chi connectivity index (χ0v) is 15.2. The van der Waals surface area contributed by atoms with Crippen LogP contribution in [0.15, 0.2) is 18.2 Å². The second kappa shape index (κ2) is 4.83. The van der Waals surface area contributed by atoms with Crippen molar-refractivity contribution in [2.45, 2.75) is 50.0 Å². The Hall–Kier alpha value is -1.92. The summed E-state index contributed by atoms with van der Waals surface area (Å²) in [7, 11) is 3.28. The van der Waals surface area contributed by atoms with Crippen LogP contribution < -0.4 is 0 Å². The number of aryl methyl sites for hydroxylation is 2. The Balaban J connectivity index is 1.77. The number of benzene rings is 1. The van der Waals surface area contributed by atoms with Crippen molar-refractivity contribution in [2.24, 2.45) is 0 Å². The highest BCUT2D eigenvalue weighted by Gasteiger charge is 2.93. The fraction of sp³-hybridized carbons (Fsp3) is 0.579. The summed E-state index contributed by atoms with van der Waals surface area (Å²) in [6, 6.07) is 6.38. The number of likely N-dealkylation sites (N-methyl/N-ethyl adjacent to an activating group) is 1. The summed E-state index contributed by atoms with van der Waals surface area (Å²) >= 11 is 0. The number of methoxy groups -OCH3 is 1. The molecule has 6 nitrogen and oxygen atoms in total. The number of rotatable bonds is 2. The maximum absolute atomic E-state index is 12.5. The van der Waals surface area contributed by atoms with E-state index in [0.29, 0.717) is 13.0 Å². The average molecular weight is 345 g/mol. The summed E-state index contributed by atoms with van der Waals surface area (Å²) in [5.41, 5.74) is 0.147. The second-order valence-corrected chi connectivity index (χ2v) is 7.72. The minimum Gasteiger partial charge on any atom is -0.466 e. The SMILES string of the molecule is COC(=O)[C@]12O[C@@]13C[C@@H](c1ccc(C)cc1C)N(C)C[C@@]3(C)OC2=O. The zero-order valence-electron chi connectivity index (χ0n) is 15.2. The first kappa shape index (κ1) is 16.5. The predicted octanol–water partition coefficient (Wildman–Crippen LogP) is 1.68. The fourth-order valence-electron chi connectivity index (χ4n) is 4.84. The maximum Gasteiger partial charge on any atom is 0.354 e. The molecule has 0 unspecified atom stereocenters. The van der Waals surface area contributed by atoms with Crippen molar-refractivity contribution in [2.75, 3.05) is 20.7 Å². The Labute approximate surface area is 147 Å². The molecule has 0 saturated carbocycles. The van der Waals surface area contributed by atoms with Gasteiger partial charge in [0.05, 0.1) is 7.11 Å². The third kappa shape index (κ3) is 1.81. The van der Waals surface area contributed by atoms with Gasteiger partial charge in [-0.2, -0.15) is 0 Å². The van der Waals surface area contributed by atoms with Crippen molar-refractivity contribution >= 4 is 11.9 Å². The third-order valence-electron chi connectivity index (χ3n) is 6.14. The molecule has 6 heteroatoms. The monoisotopic (exact) mass is 345 g/mol. The fourth-order valence-corrected chi connectivity index (χ4v) is 4.84. The Morgan fingerprint density at radius 2 is 2.08 bits per heavy atom. The van der Waals surface area contributed by atoms with E-state index in [2.05, 4.69) is 36.9 Å². The highest BCUT2D eigenvalue weighted by molar-refractivity contribution is 6.11. The average Bonchev–Trinajstić information content (AvgIpc) is 3.18. The summed E-state index contributed by atoms with van der Waals surface area (Å²) in [4.78, 5) is 27.0. The van der Waals surface area contributed by atoms with E-state index in [-0.39, 0.29) is 6.04 Å². The number of carbonyl (C=O) groups excluding carboxylic acids is 2. The van der Waals surface area contributed by atoms with Crippen molar-refractivity contribution in [3.8, 4) is 0 Å². The van der Waals surface area contributed by atoms with Crippen LogP contribution in [0, 0.1) is 13.8 Å². The topological polar surface area (TPSA) is 68.4 Å². The van der Waals surface area contributed by atoms with E-state index in [0.717, 1.165) is 0 Å². The Kier molecular flexibility index (Phi) is 3.19. The summed E-state index contributed by atoms with van der Waals surface area (Å²) in [5.74, 6) is -1.29. The van der Waals surface area contributed by atoms with Crippen LogP contribution >= 0.6 is 0 Å². The van der Waals surface area contributed by atoms with Crippen molar-refractivity contribution in [3.05, 3.63) is 34.9 Å². The van der Waals surface area contributed by atoms with Crippen LogP contribution in [0.1, 0.15) is 36.1 Å². The highest BCUT2D eigenvalue weighted by atomic mass is 16.7. The standard InChI is InChI=1S/C19H23NO5/c1-11-6-7-13(12(2)8-11)14-9-18-17(3,10-20(14)4)24-16(22)19(18,25-18)15(21)23-5/h6-8,14H,9-10H2,1-5H3/t14-,17+,18+,19+/m0/s1. The van der Waals surface area contributed by atoms with E-state index in [9.17, 15) is 9.59 Å². The molecule has 4 rings (SSSR count). The molecule has 0 bridgehead atoms. The molecule has 3 aliphatic rings. The molecule has 3 aliphatic heterocycles. The maximum atomic E-state index is 12.5. The molecule has 0 aromatic heterocycles. The number of likely N-dealkylation sites (tertiary alicyclic amines) is 1. The number of ether oxygens (including phenoxy) is 3. The zero-order chi connectivity index (χ0) is 18.2. The van der Waals surface area contributed by atoms with Crippen molar-refractivity contribution in [1.29, 1.82) is 0 Å². The number of hydrogen-bond acceptors (Lipinski definition) is 6. The molecule has 1 aromatic carbocycles. The Morgan fingerprint density at radius 3 is 2.72 bits per heavy atom. The number of piperidine rings is 1. The van der Waals surface area contributed by atoms with E-state index in [4.69, 9.17) is 14.2 Å². The van der Waals surface area contributed by atoms with Crippen molar-refractivity contribution in [3.63, 3.8) is 0 Å². The lowest BCUT2D eigenvalue weighted by Crippen LogP contribution is -2.58. The predicted molar refractivity (Wildman–Crippen MR) is 89.0 cm³/mol.